The highest BCUT2D eigenvalue weighted by Gasteiger charge is 2.26. The van der Waals surface area contributed by atoms with Crippen LogP contribution in [-0.4, -0.2) is 5.97 Å². The van der Waals surface area contributed by atoms with Gasteiger partial charge in [-0.25, -0.2) is 0 Å². The predicted molar refractivity (Wildman–Crippen MR) is 117 cm³/mol. The molecule has 0 unspecified atom stereocenters. The molecule has 2 nitrogen and oxygen atoms in total. The molecule has 2 heteroatoms. The molecular formula is C27H20O2. The standard InChI is InChI=1S/C27H20O2/c1-18(28)29-17-21-15-16-24-26(20-11-6-3-7-12-20)25(19-9-4-2-5-10-19)23-14-8-13-22(21)27(23)24/h2-16H,17H2,1H3. The minimum atomic E-state index is -0.263. The molecule has 29 heavy (non-hydrogen) atoms. The van der Waals surface area contributed by atoms with Gasteiger partial charge in [-0.1, -0.05) is 91.0 Å². The average molecular weight is 376 g/mol. The summed E-state index contributed by atoms with van der Waals surface area (Å²) in [5.41, 5.74) is 8.40. The molecule has 0 aromatic heterocycles. The van der Waals surface area contributed by atoms with Gasteiger partial charge in [-0.3, -0.25) is 4.79 Å². The van der Waals surface area contributed by atoms with Crippen LogP contribution in [0.5, 0.6) is 0 Å². The Kier molecular flexibility index (Phi) is 4.25. The molecule has 1 aliphatic rings. The van der Waals surface area contributed by atoms with Gasteiger partial charge < -0.3 is 4.74 Å². The van der Waals surface area contributed by atoms with Crippen LogP contribution in [0.4, 0.5) is 0 Å². The molecule has 0 aliphatic heterocycles. The van der Waals surface area contributed by atoms with E-state index in [0.29, 0.717) is 0 Å². The third-order valence-electron chi connectivity index (χ3n) is 5.48. The van der Waals surface area contributed by atoms with Gasteiger partial charge in [0, 0.05) is 6.92 Å². The van der Waals surface area contributed by atoms with Crippen molar-refractivity contribution in [2.24, 2.45) is 0 Å². The van der Waals surface area contributed by atoms with Crippen LogP contribution in [0.15, 0.2) is 91.0 Å². The van der Waals surface area contributed by atoms with Crippen molar-refractivity contribution in [1.82, 2.24) is 0 Å². The first-order chi connectivity index (χ1) is 14.2. The van der Waals surface area contributed by atoms with Crippen molar-refractivity contribution < 1.29 is 9.53 Å². The van der Waals surface area contributed by atoms with Crippen molar-refractivity contribution in [3.8, 4) is 0 Å². The summed E-state index contributed by atoms with van der Waals surface area (Å²) in [7, 11) is 0. The summed E-state index contributed by atoms with van der Waals surface area (Å²) in [5.74, 6) is -0.263. The van der Waals surface area contributed by atoms with Gasteiger partial charge in [-0.05, 0) is 49.7 Å². The van der Waals surface area contributed by atoms with E-state index in [1.165, 1.54) is 45.7 Å². The average Bonchev–Trinajstić information content (AvgIpc) is 3.10. The van der Waals surface area contributed by atoms with Crippen molar-refractivity contribution in [3.63, 3.8) is 0 Å². The van der Waals surface area contributed by atoms with Gasteiger partial charge in [-0.15, -0.1) is 0 Å². The normalized spacial score (nSPS) is 12.4. The van der Waals surface area contributed by atoms with Crippen molar-refractivity contribution in [2.75, 3.05) is 0 Å². The number of rotatable bonds is 4. The summed E-state index contributed by atoms with van der Waals surface area (Å²) in [6.07, 6.45) is 0. The first-order valence-electron chi connectivity index (χ1n) is 9.78. The van der Waals surface area contributed by atoms with E-state index >= 15 is 0 Å². The summed E-state index contributed by atoms with van der Waals surface area (Å²) in [6.45, 7) is 1.74. The quantitative estimate of drug-likeness (QED) is 0.348. The van der Waals surface area contributed by atoms with Crippen LogP contribution in [0.1, 0.15) is 34.7 Å². The Morgan fingerprint density at radius 3 is 1.86 bits per heavy atom. The smallest absolute Gasteiger partial charge is 0.302 e. The number of hydrogen-bond donors (Lipinski definition) is 0. The molecule has 0 radical (unpaired) electrons. The third-order valence-corrected chi connectivity index (χ3v) is 5.48. The number of carbonyl (C=O) groups is 1. The maximum Gasteiger partial charge on any atom is 0.302 e. The van der Waals surface area contributed by atoms with Gasteiger partial charge in [-0.2, -0.15) is 0 Å². The number of hydrogen-bond acceptors (Lipinski definition) is 2. The lowest BCUT2D eigenvalue weighted by molar-refractivity contribution is -0.142. The Bertz CT molecular complexity index is 1200. The monoisotopic (exact) mass is 376 g/mol. The van der Waals surface area contributed by atoms with Crippen LogP contribution in [0.25, 0.3) is 21.9 Å². The number of benzene rings is 4. The topological polar surface area (TPSA) is 26.3 Å². The Balaban J connectivity index is 1.80. The SMILES string of the molecule is CC(=O)OCc1ccc2c3c(cccc13)C(c1ccccc1)=C2c1ccccc1. The maximum absolute atomic E-state index is 11.3. The summed E-state index contributed by atoms with van der Waals surface area (Å²) >= 11 is 0. The van der Waals surface area contributed by atoms with Gasteiger partial charge in [0.05, 0.1) is 0 Å². The van der Waals surface area contributed by atoms with Crippen molar-refractivity contribution in [2.45, 2.75) is 13.5 Å². The molecule has 140 valence electrons. The van der Waals surface area contributed by atoms with E-state index in [2.05, 4.69) is 78.9 Å². The number of ether oxygens (including phenoxy) is 1. The Morgan fingerprint density at radius 2 is 1.28 bits per heavy atom. The van der Waals surface area contributed by atoms with Crippen LogP contribution in [0, 0.1) is 0 Å². The molecule has 0 atom stereocenters. The summed E-state index contributed by atoms with van der Waals surface area (Å²) < 4.78 is 5.31. The lowest BCUT2D eigenvalue weighted by Gasteiger charge is -2.11. The second-order valence-electron chi connectivity index (χ2n) is 7.26. The number of esters is 1. The van der Waals surface area contributed by atoms with E-state index < -0.39 is 0 Å². The molecule has 0 bridgehead atoms. The third kappa shape index (κ3) is 2.94. The first-order valence-corrected chi connectivity index (χ1v) is 9.78. The van der Waals surface area contributed by atoms with Gasteiger partial charge >= 0.3 is 5.97 Å². The van der Waals surface area contributed by atoms with Gasteiger partial charge in [0.1, 0.15) is 6.61 Å². The molecule has 0 amide bonds. The lowest BCUT2D eigenvalue weighted by Crippen LogP contribution is -2.00. The van der Waals surface area contributed by atoms with Gasteiger partial charge in [0.15, 0.2) is 0 Å². The summed E-state index contributed by atoms with van der Waals surface area (Å²) in [5, 5.41) is 2.37. The fourth-order valence-corrected chi connectivity index (χ4v) is 4.27. The van der Waals surface area contributed by atoms with Gasteiger partial charge in [0.2, 0.25) is 0 Å². The summed E-state index contributed by atoms with van der Waals surface area (Å²) in [4.78, 5) is 11.3. The van der Waals surface area contributed by atoms with Crippen LogP contribution in [0.3, 0.4) is 0 Å². The maximum atomic E-state index is 11.3. The van der Waals surface area contributed by atoms with E-state index in [1.54, 1.807) is 0 Å². The second kappa shape index (κ2) is 7.06. The number of carbonyl (C=O) groups excluding carboxylic acids is 1. The van der Waals surface area contributed by atoms with Crippen LogP contribution < -0.4 is 0 Å². The molecule has 0 fully saturated rings. The van der Waals surface area contributed by atoms with E-state index in [1.807, 2.05) is 12.1 Å². The van der Waals surface area contributed by atoms with Crippen LogP contribution in [-0.2, 0) is 16.1 Å². The second-order valence-corrected chi connectivity index (χ2v) is 7.26. The van der Waals surface area contributed by atoms with E-state index in [9.17, 15) is 4.79 Å². The summed E-state index contributed by atoms with van der Waals surface area (Å²) in [6, 6.07) is 31.8. The van der Waals surface area contributed by atoms with Crippen molar-refractivity contribution >= 4 is 27.9 Å². The highest BCUT2D eigenvalue weighted by Crippen LogP contribution is 2.48. The van der Waals surface area contributed by atoms with Crippen LogP contribution in [0.2, 0.25) is 0 Å². The van der Waals surface area contributed by atoms with E-state index in [-0.39, 0.29) is 12.6 Å². The molecule has 4 aromatic rings. The van der Waals surface area contributed by atoms with Crippen molar-refractivity contribution in [1.29, 1.82) is 0 Å². The molecule has 1 aliphatic carbocycles. The molecule has 0 N–H and O–H groups in total. The van der Waals surface area contributed by atoms with Crippen LogP contribution >= 0.6 is 0 Å². The molecular weight excluding hydrogens is 356 g/mol. The molecule has 4 aromatic carbocycles. The zero-order valence-electron chi connectivity index (χ0n) is 16.2. The fourth-order valence-electron chi connectivity index (χ4n) is 4.27. The molecule has 0 spiro atoms. The zero-order chi connectivity index (χ0) is 19.8. The lowest BCUT2D eigenvalue weighted by atomic mass is 9.93. The largest absolute Gasteiger partial charge is 0.461 e. The molecule has 0 heterocycles. The van der Waals surface area contributed by atoms with E-state index in [0.717, 1.165) is 10.9 Å². The molecule has 5 rings (SSSR count). The Morgan fingerprint density at radius 1 is 0.690 bits per heavy atom. The minimum absolute atomic E-state index is 0.263. The van der Waals surface area contributed by atoms with Crippen molar-refractivity contribution in [3.05, 3.63) is 119 Å². The highest BCUT2D eigenvalue weighted by molar-refractivity contribution is 6.21. The molecule has 0 saturated heterocycles. The molecule has 0 saturated carbocycles. The Labute approximate surface area is 170 Å². The van der Waals surface area contributed by atoms with Gasteiger partial charge in [0.25, 0.3) is 0 Å². The van der Waals surface area contributed by atoms with E-state index in [4.69, 9.17) is 4.74 Å². The first kappa shape index (κ1) is 17.4. The zero-order valence-corrected chi connectivity index (χ0v) is 16.2. The highest BCUT2D eigenvalue weighted by atomic mass is 16.5. The minimum Gasteiger partial charge on any atom is -0.461 e. The fraction of sp³-hybridized carbons (Fsp3) is 0.0741. The Hall–Kier alpha value is -3.65. The predicted octanol–water partition coefficient (Wildman–Crippen LogP) is 6.22.